The fourth-order valence-corrected chi connectivity index (χ4v) is 4.99. The molecule has 2 N–H and O–H groups in total. The van der Waals surface area contributed by atoms with Crippen molar-refractivity contribution in [2.45, 2.75) is 64.7 Å². The number of hydrogen-bond acceptors (Lipinski definition) is 3. The number of phenols is 2. The molecule has 25 heavy (non-hydrogen) atoms. The first-order valence-electron chi connectivity index (χ1n) is 9.29. The molecule has 0 spiro atoms. The molecule has 0 radical (unpaired) electrons. The highest BCUT2D eigenvalue weighted by Crippen LogP contribution is 2.64. The van der Waals surface area contributed by atoms with Gasteiger partial charge in [-0.15, -0.1) is 6.58 Å². The Morgan fingerprint density at radius 1 is 1.28 bits per heavy atom. The molecule has 3 unspecified atom stereocenters. The first kappa shape index (κ1) is 18.0. The van der Waals surface area contributed by atoms with Crippen molar-refractivity contribution >= 4 is 5.78 Å². The predicted molar refractivity (Wildman–Crippen MR) is 100.0 cm³/mol. The summed E-state index contributed by atoms with van der Waals surface area (Å²) in [6, 6.07) is 3.56. The van der Waals surface area contributed by atoms with Crippen LogP contribution in [0.5, 0.6) is 11.5 Å². The summed E-state index contributed by atoms with van der Waals surface area (Å²) in [4.78, 5) is 12.4. The largest absolute Gasteiger partial charge is 0.508 e. The van der Waals surface area contributed by atoms with Gasteiger partial charge in [0.05, 0.1) is 0 Å². The Morgan fingerprint density at radius 3 is 2.36 bits per heavy atom. The number of allylic oxidation sites excluding steroid dienone is 1. The Bertz CT molecular complexity index is 691. The average Bonchev–Trinajstić information content (AvgIpc) is 2.51. The van der Waals surface area contributed by atoms with E-state index in [1.165, 1.54) is 0 Å². The molecular formula is C22H30O3. The van der Waals surface area contributed by atoms with Gasteiger partial charge in [-0.3, -0.25) is 4.79 Å². The number of carbonyl (C=O) groups excluding carboxylic acids is 1. The summed E-state index contributed by atoms with van der Waals surface area (Å²) in [6.07, 6.45) is 4.97. The van der Waals surface area contributed by atoms with Crippen LogP contribution in [0.2, 0.25) is 0 Å². The van der Waals surface area contributed by atoms with Gasteiger partial charge in [0, 0.05) is 23.8 Å². The Balaban J connectivity index is 1.96. The van der Waals surface area contributed by atoms with Crippen LogP contribution in [0.4, 0.5) is 0 Å². The van der Waals surface area contributed by atoms with Gasteiger partial charge in [-0.2, -0.15) is 0 Å². The van der Waals surface area contributed by atoms with Gasteiger partial charge in [0.15, 0.2) is 0 Å². The van der Waals surface area contributed by atoms with E-state index in [2.05, 4.69) is 34.3 Å². The Hall–Kier alpha value is -1.77. The number of ketones is 1. The number of phenolic OH excluding ortho intramolecular Hbond substituents is 2. The fourth-order valence-electron chi connectivity index (χ4n) is 4.99. The van der Waals surface area contributed by atoms with E-state index >= 15 is 0 Å². The number of aromatic hydroxyl groups is 2. The molecule has 4 rings (SSSR count). The van der Waals surface area contributed by atoms with Crippen LogP contribution in [0, 0.1) is 17.3 Å². The van der Waals surface area contributed by atoms with Crippen LogP contribution < -0.4 is 0 Å². The quantitative estimate of drug-likeness (QED) is 0.735. The van der Waals surface area contributed by atoms with Crippen LogP contribution in [0.25, 0.3) is 0 Å². The molecule has 1 aromatic carbocycles. The lowest BCUT2D eigenvalue weighted by Crippen LogP contribution is -2.56. The molecule has 0 heterocycles. The Morgan fingerprint density at radius 2 is 1.88 bits per heavy atom. The zero-order valence-corrected chi connectivity index (χ0v) is 15.8. The average molecular weight is 342 g/mol. The molecule has 0 aromatic heterocycles. The molecular weight excluding hydrogens is 312 g/mol. The van der Waals surface area contributed by atoms with E-state index in [0.29, 0.717) is 17.9 Å². The summed E-state index contributed by atoms with van der Waals surface area (Å²) in [6.45, 7) is 12.3. The van der Waals surface area contributed by atoms with Crippen molar-refractivity contribution in [2.24, 2.45) is 17.3 Å². The zero-order chi connectivity index (χ0) is 18.6. The molecule has 3 aliphatic carbocycles. The van der Waals surface area contributed by atoms with Crippen molar-refractivity contribution in [3.63, 3.8) is 0 Å². The van der Waals surface area contributed by atoms with Gasteiger partial charge in [0.2, 0.25) is 0 Å². The summed E-state index contributed by atoms with van der Waals surface area (Å²) < 4.78 is 0. The lowest BCUT2D eigenvalue weighted by molar-refractivity contribution is -0.151. The van der Waals surface area contributed by atoms with Crippen LogP contribution in [0.15, 0.2) is 24.8 Å². The fraction of sp³-hybridized carbons (Fsp3) is 0.591. The summed E-state index contributed by atoms with van der Waals surface area (Å²) in [5.41, 5.74) is 1.28. The third-order valence-corrected chi connectivity index (χ3v) is 6.90. The maximum Gasteiger partial charge on any atom is 0.137 e. The van der Waals surface area contributed by atoms with E-state index in [9.17, 15) is 15.0 Å². The first-order valence-corrected chi connectivity index (χ1v) is 9.29. The monoisotopic (exact) mass is 342 g/mol. The molecule has 136 valence electrons. The van der Waals surface area contributed by atoms with Crippen LogP contribution in [0.3, 0.4) is 0 Å². The molecule has 3 atom stereocenters. The topological polar surface area (TPSA) is 57.5 Å². The zero-order valence-electron chi connectivity index (χ0n) is 15.8. The van der Waals surface area contributed by atoms with Crippen LogP contribution in [-0.2, 0) is 10.2 Å². The van der Waals surface area contributed by atoms with Gasteiger partial charge in [0.1, 0.15) is 17.3 Å². The van der Waals surface area contributed by atoms with Crippen molar-refractivity contribution in [3.05, 3.63) is 35.9 Å². The van der Waals surface area contributed by atoms with Crippen LogP contribution >= 0.6 is 0 Å². The number of Topliss-reactive ketones (excluding diaryl/α,β-unsaturated/α-hetero) is 1. The molecule has 3 nitrogen and oxygen atoms in total. The van der Waals surface area contributed by atoms with Gasteiger partial charge < -0.3 is 10.2 Å². The second-order valence-electron chi connectivity index (χ2n) is 9.13. The van der Waals surface area contributed by atoms with E-state index < -0.39 is 0 Å². The lowest BCUT2D eigenvalue weighted by Gasteiger charge is -2.59. The predicted octanol–water partition coefficient (Wildman–Crippen LogP) is 5.06. The third kappa shape index (κ3) is 2.78. The standard InChI is InChI=1S/C22H30O3/c1-6-7-8-21(2,3)13-9-18(24)20(19(25)10-13)14-11-17(23)16-12-15(14)22(16,4)5/h6,9-10,14-16,24-25H,1,7-8,11-12H2,2-5H3. The summed E-state index contributed by atoms with van der Waals surface area (Å²) in [7, 11) is 0. The van der Waals surface area contributed by atoms with E-state index in [-0.39, 0.29) is 39.9 Å². The second kappa shape index (κ2) is 5.89. The van der Waals surface area contributed by atoms with E-state index in [1.54, 1.807) is 12.1 Å². The smallest absolute Gasteiger partial charge is 0.137 e. The first-order chi connectivity index (χ1) is 11.6. The summed E-state index contributed by atoms with van der Waals surface area (Å²) in [5.74, 6) is 0.924. The summed E-state index contributed by atoms with van der Waals surface area (Å²) >= 11 is 0. The number of fused-ring (bicyclic) bond motifs is 2. The molecule has 3 aliphatic rings. The summed E-state index contributed by atoms with van der Waals surface area (Å²) in [5, 5.41) is 21.4. The minimum absolute atomic E-state index is 0.0409. The maximum absolute atomic E-state index is 12.4. The van der Waals surface area contributed by atoms with E-state index in [0.717, 1.165) is 24.8 Å². The van der Waals surface area contributed by atoms with Crippen molar-refractivity contribution < 1.29 is 15.0 Å². The molecule has 2 bridgehead atoms. The molecule has 0 aliphatic heterocycles. The van der Waals surface area contributed by atoms with Crippen LogP contribution in [-0.4, -0.2) is 16.0 Å². The van der Waals surface area contributed by atoms with Gasteiger partial charge >= 0.3 is 0 Å². The lowest BCUT2D eigenvalue weighted by atomic mass is 9.44. The van der Waals surface area contributed by atoms with Gasteiger partial charge in [-0.05, 0) is 53.7 Å². The Kier molecular flexibility index (Phi) is 4.25. The number of hydrogen-bond donors (Lipinski definition) is 2. The minimum atomic E-state index is -0.162. The van der Waals surface area contributed by atoms with Gasteiger partial charge in [-0.25, -0.2) is 0 Å². The van der Waals surface area contributed by atoms with Crippen molar-refractivity contribution in [1.29, 1.82) is 0 Å². The highest BCUT2D eigenvalue weighted by Gasteiger charge is 2.59. The normalized spacial score (nSPS) is 27.7. The number of benzene rings is 1. The number of carbonyl (C=O) groups is 1. The molecule has 0 amide bonds. The number of rotatable bonds is 5. The highest BCUT2D eigenvalue weighted by molar-refractivity contribution is 5.86. The molecule has 1 aromatic rings. The highest BCUT2D eigenvalue weighted by atomic mass is 16.3. The van der Waals surface area contributed by atoms with E-state index in [1.807, 2.05) is 6.08 Å². The molecule has 3 fully saturated rings. The molecule has 3 saturated carbocycles. The molecule has 3 heteroatoms. The Labute approximate surface area is 150 Å². The SMILES string of the molecule is C=CCCC(C)(C)c1cc(O)c(C2CC(=O)C3CC2C3(C)C)c(O)c1. The maximum atomic E-state index is 12.4. The third-order valence-electron chi connectivity index (χ3n) is 6.90. The van der Waals surface area contributed by atoms with Crippen LogP contribution in [0.1, 0.15) is 70.4 Å². The van der Waals surface area contributed by atoms with Crippen molar-refractivity contribution in [3.8, 4) is 11.5 Å². The van der Waals surface area contributed by atoms with Crippen molar-refractivity contribution in [2.75, 3.05) is 0 Å². The van der Waals surface area contributed by atoms with E-state index in [4.69, 9.17) is 0 Å². The second-order valence-corrected chi connectivity index (χ2v) is 9.13. The minimum Gasteiger partial charge on any atom is -0.508 e. The van der Waals surface area contributed by atoms with Gasteiger partial charge in [0.25, 0.3) is 0 Å². The molecule has 0 saturated heterocycles. The van der Waals surface area contributed by atoms with Gasteiger partial charge in [-0.1, -0.05) is 33.8 Å². The van der Waals surface area contributed by atoms with Crippen molar-refractivity contribution in [1.82, 2.24) is 0 Å².